The summed E-state index contributed by atoms with van der Waals surface area (Å²) in [6.07, 6.45) is 8.96. The Labute approximate surface area is 355 Å². The zero-order valence-electron chi connectivity index (χ0n) is 34.6. The molecule has 320 valence electrons. The molecule has 1 unspecified atom stereocenters. The first-order valence-corrected chi connectivity index (χ1v) is 20.5. The van der Waals surface area contributed by atoms with E-state index in [0.717, 1.165) is 40.7 Å². The third-order valence-electron chi connectivity index (χ3n) is 10.9. The second kappa shape index (κ2) is 17.3. The highest BCUT2D eigenvalue weighted by atomic mass is 16.5. The summed E-state index contributed by atoms with van der Waals surface area (Å²) in [6.45, 7) is 7.35. The Hall–Kier alpha value is -7.44. The molecule has 8 rings (SSSR count). The molecule has 4 aromatic heterocycles. The van der Waals surface area contributed by atoms with Gasteiger partial charge in [0.05, 0.1) is 11.1 Å². The topological polar surface area (TPSA) is 250 Å². The number of nitrogens with two attached hydrogens (primary N) is 1. The normalized spacial score (nSPS) is 15.2. The van der Waals surface area contributed by atoms with Gasteiger partial charge in [0.25, 0.3) is 5.91 Å². The average Bonchev–Trinajstić information content (AvgIpc) is 4.04. The summed E-state index contributed by atoms with van der Waals surface area (Å²) < 4.78 is 9.16. The monoisotopic (exact) mass is 841 g/mol. The van der Waals surface area contributed by atoms with Crippen LogP contribution in [0.4, 0.5) is 27.8 Å². The number of unbranched alkanes of at least 4 members (excludes halogenated alkanes) is 1. The molecule has 0 aliphatic carbocycles. The fourth-order valence-corrected chi connectivity index (χ4v) is 7.70. The molecule has 6 heterocycles. The minimum atomic E-state index is -0.731. The van der Waals surface area contributed by atoms with Gasteiger partial charge in [0.1, 0.15) is 29.6 Å². The number of hydrogen-bond donors (Lipinski definition) is 5. The molecule has 2 aliphatic rings. The molecule has 1 atom stereocenters. The number of amides is 6. The van der Waals surface area contributed by atoms with Crippen molar-refractivity contribution in [1.82, 2.24) is 44.9 Å². The number of imide groups is 1. The number of nitrogens with one attached hydrogen (secondary N) is 4. The zero-order valence-corrected chi connectivity index (χ0v) is 34.6. The van der Waals surface area contributed by atoms with Crippen LogP contribution in [0.1, 0.15) is 86.7 Å². The van der Waals surface area contributed by atoms with Gasteiger partial charge in [-0.3, -0.25) is 34.5 Å². The van der Waals surface area contributed by atoms with Crippen molar-refractivity contribution in [3.05, 3.63) is 89.8 Å². The lowest BCUT2D eigenvalue weighted by Gasteiger charge is -2.29. The molecule has 1 saturated heterocycles. The molecule has 0 saturated carbocycles. The molecular weight excluding hydrogens is 795 g/mol. The summed E-state index contributed by atoms with van der Waals surface area (Å²) in [5, 5.41) is 24.0. The average molecular weight is 842 g/mol. The lowest BCUT2D eigenvalue weighted by atomic mass is 9.93. The smallest absolute Gasteiger partial charge is 0.324 e. The molecule has 62 heavy (non-hydrogen) atoms. The van der Waals surface area contributed by atoms with Crippen LogP contribution in [-0.2, 0) is 45.9 Å². The molecule has 6 amide bonds. The lowest BCUT2D eigenvalue weighted by molar-refractivity contribution is -0.137. The lowest BCUT2D eigenvalue weighted by Crippen LogP contribution is -2.52. The first kappa shape index (κ1) is 41.3. The Morgan fingerprint density at radius 3 is 2.55 bits per heavy atom. The second-order valence-electron chi connectivity index (χ2n) is 16.5. The number of nitrogens with zero attached hydrogens (tertiary/aromatic N) is 8. The van der Waals surface area contributed by atoms with Crippen LogP contribution in [0.15, 0.2) is 71.8 Å². The van der Waals surface area contributed by atoms with Crippen LogP contribution in [0, 0.1) is 0 Å². The van der Waals surface area contributed by atoms with E-state index in [9.17, 15) is 24.0 Å². The van der Waals surface area contributed by atoms with E-state index in [1.54, 1.807) is 28.9 Å². The SMILES string of the molecule is CC(C)(C)c1cc(NC(=O)Nc2ccc(-c3cn(CCCCc4cn(CCCC(=O)Nc5cccc6c5CN(C5CCC(=O)NC5=O)C6=O)nn4)c4ncnc(N)c34)cc2)no1. The quantitative estimate of drug-likeness (QED) is 0.0683. The number of benzene rings is 2. The van der Waals surface area contributed by atoms with Gasteiger partial charge in [-0.1, -0.05) is 49.3 Å². The van der Waals surface area contributed by atoms with Crippen molar-refractivity contribution in [1.29, 1.82) is 0 Å². The number of aryl methyl sites for hydroxylation is 3. The van der Waals surface area contributed by atoms with Gasteiger partial charge >= 0.3 is 6.03 Å². The fourth-order valence-electron chi connectivity index (χ4n) is 7.70. The van der Waals surface area contributed by atoms with E-state index in [1.807, 2.05) is 57.4 Å². The van der Waals surface area contributed by atoms with Gasteiger partial charge in [-0.15, -0.1) is 5.10 Å². The predicted molar refractivity (Wildman–Crippen MR) is 229 cm³/mol. The number of nitrogen functional groups attached to an aromatic ring is 1. The third-order valence-corrected chi connectivity index (χ3v) is 10.9. The molecule has 0 radical (unpaired) electrons. The van der Waals surface area contributed by atoms with E-state index in [-0.39, 0.29) is 48.9 Å². The summed E-state index contributed by atoms with van der Waals surface area (Å²) in [7, 11) is 0. The molecule has 2 aromatic carbocycles. The van der Waals surface area contributed by atoms with Crippen LogP contribution in [0.3, 0.4) is 0 Å². The first-order valence-electron chi connectivity index (χ1n) is 20.5. The van der Waals surface area contributed by atoms with Crippen LogP contribution >= 0.6 is 0 Å². The number of anilines is 4. The minimum Gasteiger partial charge on any atom is -0.383 e. The Morgan fingerprint density at radius 2 is 1.77 bits per heavy atom. The number of rotatable bonds is 14. The number of carbonyl (C=O) groups excluding carboxylic acids is 5. The van der Waals surface area contributed by atoms with Crippen LogP contribution in [0.25, 0.3) is 22.2 Å². The summed E-state index contributed by atoms with van der Waals surface area (Å²) in [6, 6.07) is 13.1. The second-order valence-corrected chi connectivity index (χ2v) is 16.5. The van der Waals surface area contributed by atoms with E-state index in [2.05, 4.69) is 51.3 Å². The molecule has 6 N–H and O–H groups in total. The highest BCUT2D eigenvalue weighted by molar-refractivity contribution is 6.07. The molecule has 2 aliphatic heterocycles. The summed E-state index contributed by atoms with van der Waals surface area (Å²) >= 11 is 0. The van der Waals surface area contributed by atoms with Crippen molar-refractivity contribution in [2.45, 2.75) is 96.8 Å². The fraction of sp³-hybridized carbons (Fsp3) is 0.349. The van der Waals surface area contributed by atoms with Gasteiger partial charge in [-0.05, 0) is 61.9 Å². The van der Waals surface area contributed by atoms with Crippen molar-refractivity contribution in [3.8, 4) is 11.1 Å². The Balaban J connectivity index is 0.800. The van der Waals surface area contributed by atoms with Gasteiger partial charge in [0, 0.05) is 84.4 Å². The zero-order chi connectivity index (χ0) is 43.5. The minimum absolute atomic E-state index is 0.168. The Bertz CT molecular complexity index is 2680. The molecule has 19 nitrogen and oxygen atoms in total. The molecule has 1 fully saturated rings. The van der Waals surface area contributed by atoms with E-state index in [0.29, 0.717) is 65.8 Å². The largest absolute Gasteiger partial charge is 0.383 e. The predicted octanol–water partition coefficient (Wildman–Crippen LogP) is 5.40. The highest BCUT2D eigenvalue weighted by Crippen LogP contribution is 2.35. The number of piperidine rings is 1. The summed E-state index contributed by atoms with van der Waals surface area (Å²) in [4.78, 5) is 73.1. The van der Waals surface area contributed by atoms with Crippen molar-refractivity contribution in [3.63, 3.8) is 0 Å². The first-order chi connectivity index (χ1) is 29.8. The molecule has 6 aromatic rings. The van der Waals surface area contributed by atoms with Crippen molar-refractivity contribution >= 4 is 63.7 Å². The third kappa shape index (κ3) is 9.01. The van der Waals surface area contributed by atoms with Crippen molar-refractivity contribution < 1.29 is 28.5 Å². The Kier molecular flexibility index (Phi) is 11.5. The molecule has 0 bridgehead atoms. The van der Waals surface area contributed by atoms with Crippen LogP contribution < -0.4 is 27.0 Å². The maximum absolute atomic E-state index is 13.1. The van der Waals surface area contributed by atoms with Gasteiger partial charge in [-0.25, -0.2) is 14.8 Å². The summed E-state index contributed by atoms with van der Waals surface area (Å²) in [5.41, 5.74) is 11.7. The van der Waals surface area contributed by atoms with Crippen molar-refractivity contribution in [2.24, 2.45) is 0 Å². The number of aromatic nitrogens is 7. The van der Waals surface area contributed by atoms with E-state index < -0.39 is 18.0 Å². The van der Waals surface area contributed by atoms with Gasteiger partial charge in [0.15, 0.2) is 5.82 Å². The van der Waals surface area contributed by atoms with Gasteiger partial charge < -0.3 is 30.4 Å². The molecule has 19 heteroatoms. The van der Waals surface area contributed by atoms with Crippen molar-refractivity contribution in [2.75, 3.05) is 21.7 Å². The van der Waals surface area contributed by atoms with E-state index >= 15 is 0 Å². The van der Waals surface area contributed by atoms with Gasteiger partial charge in [-0.2, -0.15) is 0 Å². The number of carbonyl (C=O) groups is 5. The molecule has 0 spiro atoms. The standard InChI is InChI=1S/C43H47N13O6/c1-43(2,3)33-20-34(52-62-33)49-42(61)47-26-14-12-25(13-15-26)29-22-54(39-37(29)38(44)45-24-46-39)18-5-4-8-27-21-55(53-51-27)19-7-11-35(57)48-31-10-6-9-28-30(31)23-56(41(28)60)32-16-17-36(58)50-40(32)59/h6,9-10,12-15,20-22,24,32H,4-5,7-8,11,16-19,23H2,1-3H3,(H,48,57)(H2,44,45,46)(H,50,58,59)(H2,47,49,52,61). The van der Waals surface area contributed by atoms with Crippen LogP contribution in [-0.4, -0.2) is 75.3 Å². The highest BCUT2D eigenvalue weighted by Gasteiger charge is 2.40. The van der Waals surface area contributed by atoms with Gasteiger partial charge in [0.2, 0.25) is 17.7 Å². The Morgan fingerprint density at radius 1 is 0.952 bits per heavy atom. The maximum Gasteiger partial charge on any atom is 0.324 e. The number of hydrogen-bond acceptors (Lipinski definition) is 12. The summed E-state index contributed by atoms with van der Waals surface area (Å²) in [5.74, 6) is 0.0419. The molecular formula is C43H47N13O6. The maximum atomic E-state index is 13.1. The van der Waals surface area contributed by atoms with Crippen LogP contribution in [0.5, 0.6) is 0 Å². The van der Waals surface area contributed by atoms with Crippen LogP contribution in [0.2, 0.25) is 0 Å². The number of fused-ring (bicyclic) bond motifs is 2. The number of urea groups is 1. The van der Waals surface area contributed by atoms with E-state index in [1.165, 1.54) is 11.2 Å². The van der Waals surface area contributed by atoms with E-state index in [4.69, 9.17) is 10.3 Å².